The molecule has 60 valence electrons. The Morgan fingerprint density at radius 2 is 2.45 bits per heavy atom. The fourth-order valence-electron chi connectivity index (χ4n) is 0.743. The molecule has 0 aliphatic carbocycles. The summed E-state index contributed by atoms with van der Waals surface area (Å²) in [5.41, 5.74) is 5.17. The van der Waals surface area contributed by atoms with Crippen LogP contribution < -0.4 is 5.73 Å². The van der Waals surface area contributed by atoms with Crippen molar-refractivity contribution in [3.8, 4) is 0 Å². The Labute approximate surface area is 64.5 Å². The van der Waals surface area contributed by atoms with Gasteiger partial charge in [0.25, 0.3) is 0 Å². The Balaban J connectivity index is 2.73. The van der Waals surface area contributed by atoms with Crippen LogP contribution in [0.1, 0.15) is 11.5 Å². The molecule has 0 radical (unpaired) electrons. The number of ether oxygens (including phenoxy) is 1. The molecule has 0 bridgehead atoms. The molecular weight excluding hydrogens is 144 g/mol. The van der Waals surface area contributed by atoms with Crippen molar-refractivity contribution in [3.63, 3.8) is 0 Å². The van der Waals surface area contributed by atoms with Crippen LogP contribution >= 0.6 is 0 Å². The molecule has 3 N–H and O–H groups in total. The maximum Gasteiger partial charge on any atom is 0.168 e. The molecule has 0 saturated carbocycles. The zero-order valence-electron chi connectivity index (χ0n) is 6.26. The summed E-state index contributed by atoms with van der Waals surface area (Å²) in [7, 11) is 1.58. The van der Waals surface area contributed by atoms with Crippen LogP contribution in [0.5, 0.6) is 0 Å². The van der Waals surface area contributed by atoms with Gasteiger partial charge in [0.2, 0.25) is 0 Å². The molecular formula is C7H10N2O2. The smallest absolute Gasteiger partial charge is 0.168 e. The van der Waals surface area contributed by atoms with E-state index in [0.29, 0.717) is 18.1 Å². The van der Waals surface area contributed by atoms with Gasteiger partial charge in [-0.25, -0.2) is 0 Å². The fraction of sp³-hybridized carbons (Fsp3) is 0.286. The summed E-state index contributed by atoms with van der Waals surface area (Å²) in [5.74, 6) is 1.00. The molecule has 1 heterocycles. The van der Waals surface area contributed by atoms with Crippen molar-refractivity contribution < 1.29 is 9.15 Å². The lowest BCUT2D eigenvalue weighted by atomic mass is 10.4. The minimum atomic E-state index is -0.0626. The summed E-state index contributed by atoms with van der Waals surface area (Å²) in [6.45, 7) is 0.410. The largest absolute Gasteiger partial charge is 0.455 e. The molecule has 4 nitrogen and oxygen atoms in total. The summed E-state index contributed by atoms with van der Waals surface area (Å²) in [5, 5.41) is 7.02. The number of nitrogens with two attached hydrogens (primary N) is 1. The molecule has 0 amide bonds. The predicted molar refractivity (Wildman–Crippen MR) is 40.4 cm³/mol. The van der Waals surface area contributed by atoms with Gasteiger partial charge in [-0.3, -0.25) is 5.41 Å². The Morgan fingerprint density at radius 3 is 2.91 bits per heavy atom. The molecule has 0 saturated heterocycles. The minimum Gasteiger partial charge on any atom is -0.455 e. The Kier molecular flexibility index (Phi) is 2.28. The lowest BCUT2D eigenvalue weighted by Gasteiger charge is -1.92. The SMILES string of the molecule is COCc1ccc(C(=N)N)o1. The summed E-state index contributed by atoms with van der Waals surface area (Å²) >= 11 is 0. The lowest BCUT2D eigenvalue weighted by molar-refractivity contribution is 0.164. The number of nitrogens with one attached hydrogen (secondary N) is 1. The van der Waals surface area contributed by atoms with E-state index in [2.05, 4.69) is 0 Å². The van der Waals surface area contributed by atoms with Gasteiger partial charge >= 0.3 is 0 Å². The van der Waals surface area contributed by atoms with E-state index in [0.717, 1.165) is 0 Å². The Bertz CT molecular complexity index is 255. The van der Waals surface area contributed by atoms with Crippen molar-refractivity contribution >= 4 is 5.84 Å². The number of nitrogen functional groups attached to an aromatic ring is 1. The molecule has 0 atom stereocenters. The van der Waals surface area contributed by atoms with Gasteiger partial charge in [-0.2, -0.15) is 0 Å². The molecule has 0 aliphatic heterocycles. The minimum absolute atomic E-state index is 0.0626. The van der Waals surface area contributed by atoms with Gasteiger partial charge in [0.05, 0.1) is 0 Å². The summed E-state index contributed by atoms with van der Waals surface area (Å²) in [6.07, 6.45) is 0. The van der Waals surface area contributed by atoms with Crippen LogP contribution in [0, 0.1) is 5.41 Å². The number of amidine groups is 1. The highest BCUT2D eigenvalue weighted by Crippen LogP contribution is 2.07. The van der Waals surface area contributed by atoms with Gasteiger partial charge in [-0.15, -0.1) is 0 Å². The number of rotatable bonds is 3. The summed E-state index contributed by atoms with van der Waals surface area (Å²) in [6, 6.07) is 3.39. The van der Waals surface area contributed by atoms with Crippen LogP contribution in [0.3, 0.4) is 0 Å². The van der Waals surface area contributed by atoms with E-state index in [-0.39, 0.29) is 5.84 Å². The third kappa shape index (κ3) is 1.81. The van der Waals surface area contributed by atoms with E-state index in [1.54, 1.807) is 19.2 Å². The van der Waals surface area contributed by atoms with Gasteiger partial charge in [-0.1, -0.05) is 0 Å². The van der Waals surface area contributed by atoms with E-state index < -0.39 is 0 Å². The van der Waals surface area contributed by atoms with Crippen LogP contribution in [-0.4, -0.2) is 12.9 Å². The van der Waals surface area contributed by atoms with E-state index in [9.17, 15) is 0 Å². The number of methoxy groups -OCH3 is 1. The first-order valence-electron chi connectivity index (χ1n) is 3.16. The van der Waals surface area contributed by atoms with Crippen LogP contribution in [0.25, 0.3) is 0 Å². The van der Waals surface area contributed by atoms with Gasteiger partial charge in [0.1, 0.15) is 12.4 Å². The first-order chi connectivity index (χ1) is 5.24. The Morgan fingerprint density at radius 1 is 1.73 bits per heavy atom. The monoisotopic (exact) mass is 154 g/mol. The van der Waals surface area contributed by atoms with E-state index >= 15 is 0 Å². The van der Waals surface area contributed by atoms with Gasteiger partial charge < -0.3 is 14.9 Å². The molecule has 0 aliphatic rings. The van der Waals surface area contributed by atoms with E-state index in [1.165, 1.54) is 0 Å². The first kappa shape index (κ1) is 7.81. The van der Waals surface area contributed by atoms with Crippen LogP contribution in [0.2, 0.25) is 0 Å². The predicted octanol–water partition coefficient (Wildman–Crippen LogP) is 0.710. The van der Waals surface area contributed by atoms with E-state index in [4.69, 9.17) is 20.3 Å². The third-order valence-corrected chi connectivity index (χ3v) is 1.21. The average Bonchev–Trinajstić information content (AvgIpc) is 2.37. The molecule has 1 aromatic rings. The second-order valence-corrected chi connectivity index (χ2v) is 2.11. The average molecular weight is 154 g/mol. The summed E-state index contributed by atoms with van der Waals surface area (Å²) < 4.78 is 9.93. The zero-order chi connectivity index (χ0) is 8.27. The number of hydrogen-bond acceptors (Lipinski definition) is 3. The molecule has 11 heavy (non-hydrogen) atoms. The van der Waals surface area contributed by atoms with Gasteiger partial charge in [-0.05, 0) is 12.1 Å². The molecule has 0 unspecified atom stereocenters. The normalized spacial score (nSPS) is 9.91. The number of furan rings is 1. The Hall–Kier alpha value is -1.29. The maximum atomic E-state index is 7.02. The molecule has 4 heteroatoms. The second-order valence-electron chi connectivity index (χ2n) is 2.11. The zero-order valence-corrected chi connectivity index (χ0v) is 6.26. The first-order valence-corrected chi connectivity index (χ1v) is 3.16. The standard InChI is InChI=1S/C7H10N2O2/c1-10-4-5-2-3-6(11-5)7(8)9/h2-3H,4H2,1H3,(H3,8,9). The van der Waals surface area contributed by atoms with Crippen molar-refractivity contribution in [2.75, 3.05) is 7.11 Å². The van der Waals surface area contributed by atoms with Crippen molar-refractivity contribution in [1.29, 1.82) is 5.41 Å². The van der Waals surface area contributed by atoms with E-state index in [1.807, 2.05) is 0 Å². The van der Waals surface area contributed by atoms with Crippen LogP contribution in [0.4, 0.5) is 0 Å². The topological polar surface area (TPSA) is 72.2 Å². The van der Waals surface area contributed by atoms with Crippen molar-refractivity contribution in [1.82, 2.24) is 0 Å². The molecule has 1 aromatic heterocycles. The van der Waals surface area contributed by atoms with Gasteiger partial charge in [0, 0.05) is 7.11 Å². The summed E-state index contributed by atoms with van der Waals surface area (Å²) in [4.78, 5) is 0. The highest BCUT2D eigenvalue weighted by molar-refractivity contribution is 5.92. The molecule has 0 spiro atoms. The highest BCUT2D eigenvalue weighted by atomic mass is 16.5. The number of hydrogen-bond donors (Lipinski definition) is 2. The van der Waals surface area contributed by atoms with Crippen molar-refractivity contribution in [2.24, 2.45) is 5.73 Å². The van der Waals surface area contributed by atoms with Crippen LogP contribution in [0.15, 0.2) is 16.5 Å². The maximum absolute atomic E-state index is 7.02. The highest BCUT2D eigenvalue weighted by Gasteiger charge is 2.02. The second kappa shape index (κ2) is 3.21. The third-order valence-electron chi connectivity index (χ3n) is 1.21. The molecule has 1 rings (SSSR count). The van der Waals surface area contributed by atoms with Crippen LogP contribution in [-0.2, 0) is 11.3 Å². The lowest BCUT2D eigenvalue weighted by Crippen LogP contribution is -2.09. The fourth-order valence-corrected chi connectivity index (χ4v) is 0.743. The molecule has 0 fully saturated rings. The van der Waals surface area contributed by atoms with Gasteiger partial charge in [0.15, 0.2) is 11.6 Å². The van der Waals surface area contributed by atoms with Crippen molar-refractivity contribution in [2.45, 2.75) is 6.61 Å². The molecule has 0 aromatic carbocycles. The van der Waals surface area contributed by atoms with Crippen molar-refractivity contribution in [3.05, 3.63) is 23.7 Å². The quantitative estimate of drug-likeness (QED) is 0.497.